The Morgan fingerprint density at radius 2 is 1.88 bits per heavy atom. The first-order valence-electron chi connectivity index (χ1n) is 10.6. The number of nitrogens with zero attached hydrogens (tertiary/aromatic N) is 2. The van der Waals surface area contributed by atoms with Gasteiger partial charge in [-0.3, -0.25) is 9.36 Å². The van der Waals surface area contributed by atoms with E-state index in [1.54, 1.807) is 23.8 Å². The van der Waals surface area contributed by atoms with E-state index in [0.29, 0.717) is 34.8 Å². The number of methoxy groups -OCH3 is 1. The van der Waals surface area contributed by atoms with Gasteiger partial charge in [-0.25, -0.2) is 9.37 Å². The highest BCUT2D eigenvalue weighted by Gasteiger charge is 2.13. The Kier molecular flexibility index (Phi) is 5.88. The van der Waals surface area contributed by atoms with Gasteiger partial charge in [0, 0.05) is 29.4 Å². The molecule has 0 aliphatic rings. The number of aryl methyl sites for hydroxylation is 1. The zero-order valence-electron chi connectivity index (χ0n) is 18.0. The molecule has 5 nitrogen and oxygen atoms in total. The van der Waals surface area contributed by atoms with Crippen molar-refractivity contribution < 1.29 is 9.13 Å². The standard InChI is InChI=1S/C26H22FN3O2S/c1-32-20-10-11-23-22(14-20)18(15-28-23)12-13-30-25(31)21-4-2-3-5-24(21)29-26(30)33-16-17-6-8-19(27)9-7-17/h2-11,14-15,28H,12-13,16H2,1H3. The zero-order chi connectivity index (χ0) is 22.8. The maximum Gasteiger partial charge on any atom is 0.262 e. The van der Waals surface area contributed by atoms with Crippen LogP contribution in [0.1, 0.15) is 11.1 Å². The van der Waals surface area contributed by atoms with Crippen molar-refractivity contribution >= 4 is 33.6 Å². The van der Waals surface area contributed by atoms with E-state index in [4.69, 9.17) is 9.72 Å². The number of benzene rings is 3. The Morgan fingerprint density at radius 1 is 1.06 bits per heavy atom. The van der Waals surface area contributed by atoms with Crippen LogP contribution in [0, 0.1) is 5.82 Å². The van der Waals surface area contributed by atoms with Gasteiger partial charge < -0.3 is 9.72 Å². The highest BCUT2D eigenvalue weighted by Crippen LogP contribution is 2.26. The van der Waals surface area contributed by atoms with E-state index < -0.39 is 0 Å². The van der Waals surface area contributed by atoms with Crippen molar-refractivity contribution in [2.45, 2.75) is 23.9 Å². The molecule has 3 aromatic carbocycles. The molecule has 0 saturated carbocycles. The van der Waals surface area contributed by atoms with Gasteiger partial charge in [-0.1, -0.05) is 36.0 Å². The zero-order valence-corrected chi connectivity index (χ0v) is 18.9. The minimum absolute atomic E-state index is 0.0559. The molecule has 0 spiro atoms. The number of aromatic nitrogens is 3. The van der Waals surface area contributed by atoms with Crippen LogP contribution >= 0.6 is 11.8 Å². The third-order valence-corrected chi connectivity index (χ3v) is 6.73. The number of para-hydroxylation sites is 1. The number of hydrogen-bond donors (Lipinski definition) is 1. The van der Waals surface area contributed by atoms with Crippen molar-refractivity contribution in [3.05, 3.63) is 100 Å². The van der Waals surface area contributed by atoms with E-state index in [1.165, 1.54) is 23.9 Å². The van der Waals surface area contributed by atoms with Gasteiger partial charge in [0.1, 0.15) is 11.6 Å². The number of thioether (sulfide) groups is 1. The molecule has 2 heterocycles. The fraction of sp³-hybridized carbons (Fsp3) is 0.154. The molecule has 0 aliphatic carbocycles. The molecule has 0 fully saturated rings. The molecule has 33 heavy (non-hydrogen) atoms. The summed E-state index contributed by atoms with van der Waals surface area (Å²) in [5.74, 6) is 1.12. The highest BCUT2D eigenvalue weighted by molar-refractivity contribution is 7.98. The van der Waals surface area contributed by atoms with Gasteiger partial charge in [0.2, 0.25) is 0 Å². The van der Waals surface area contributed by atoms with Gasteiger partial charge in [-0.05, 0) is 60.0 Å². The van der Waals surface area contributed by atoms with Gasteiger partial charge in [-0.2, -0.15) is 0 Å². The molecular formula is C26H22FN3O2S. The van der Waals surface area contributed by atoms with Crippen LogP contribution in [0.5, 0.6) is 5.75 Å². The predicted octanol–water partition coefficient (Wildman–Crippen LogP) is 5.56. The van der Waals surface area contributed by atoms with Crippen molar-refractivity contribution in [1.82, 2.24) is 14.5 Å². The van der Waals surface area contributed by atoms with Crippen molar-refractivity contribution in [1.29, 1.82) is 0 Å². The second-order valence-electron chi connectivity index (χ2n) is 7.76. The fourth-order valence-electron chi connectivity index (χ4n) is 3.91. The maximum absolute atomic E-state index is 13.4. The second-order valence-corrected chi connectivity index (χ2v) is 8.70. The predicted molar refractivity (Wildman–Crippen MR) is 131 cm³/mol. The number of nitrogens with one attached hydrogen (secondary N) is 1. The summed E-state index contributed by atoms with van der Waals surface area (Å²) in [5.41, 5.74) is 3.73. The Bertz CT molecular complexity index is 1490. The average molecular weight is 460 g/mol. The summed E-state index contributed by atoms with van der Waals surface area (Å²) in [7, 11) is 1.65. The molecule has 7 heteroatoms. The Balaban J connectivity index is 1.48. The first kappa shape index (κ1) is 21.3. The van der Waals surface area contributed by atoms with Crippen LogP contribution in [0.15, 0.2) is 82.9 Å². The molecule has 5 aromatic rings. The average Bonchev–Trinajstić information content (AvgIpc) is 3.25. The number of rotatable bonds is 7. The summed E-state index contributed by atoms with van der Waals surface area (Å²) in [6.07, 6.45) is 2.64. The fourth-order valence-corrected chi connectivity index (χ4v) is 4.89. The Labute approximate surface area is 194 Å². The van der Waals surface area contributed by atoms with Crippen LogP contribution in [0.2, 0.25) is 0 Å². The molecule has 5 rings (SSSR count). The molecule has 0 aliphatic heterocycles. The summed E-state index contributed by atoms with van der Waals surface area (Å²) in [6.45, 7) is 0.493. The molecule has 0 bridgehead atoms. The first-order chi connectivity index (χ1) is 16.1. The molecule has 1 N–H and O–H groups in total. The van der Waals surface area contributed by atoms with Crippen LogP contribution < -0.4 is 10.3 Å². The number of ether oxygens (including phenoxy) is 1. The number of halogens is 1. The molecule has 0 radical (unpaired) electrons. The molecule has 166 valence electrons. The minimum atomic E-state index is -0.264. The maximum atomic E-state index is 13.4. The van der Waals surface area contributed by atoms with E-state index in [-0.39, 0.29) is 11.4 Å². The quantitative estimate of drug-likeness (QED) is 0.256. The van der Waals surface area contributed by atoms with E-state index in [1.807, 2.05) is 48.7 Å². The van der Waals surface area contributed by atoms with Crippen molar-refractivity contribution in [2.75, 3.05) is 7.11 Å². The van der Waals surface area contributed by atoms with Crippen molar-refractivity contribution in [3.8, 4) is 5.75 Å². The summed E-state index contributed by atoms with van der Waals surface area (Å²) < 4.78 is 20.4. The van der Waals surface area contributed by atoms with Gasteiger partial charge >= 0.3 is 0 Å². The molecule has 0 atom stereocenters. The lowest BCUT2D eigenvalue weighted by molar-refractivity contribution is 0.415. The summed E-state index contributed by atoms with van der Waals surface area (Å²) >= 11 is 1.48. The number of H-pyrrole nitrogens is 1. The Hall–Kier alpha value is -3.58. The van der Waals surface area contributed by atoms with E-state index >= 15 is 0 Å². The molecule has 0 unspecified atom stereocenters. The van der Waals surface area contributed by atoms with Crippen LogP contribution in [-0.4, -0.2) is 21.6 Å². The monoisotopic (exact) mass is 459 g/mol. The van der Waals surface area contributed by atoms with E-state index in [9.17, 15) is 9.18 Å². The van der Waals surface area contributed by atoms with Gasteiger partial charge in [0.15, 0.2) is 5.16 Å². The van der Waals surface area contributed by atoms with Crippen molar-refractivity contribution in [2.24, 2.45) is 0 Å². The molecule has 0 saturated heterocycles. The van der Waals surface area contributed by atoms with E-state index in [0.717, 1.165) is 27.8 Å². The van der Waals surface area contributed by atoms with Gasteiger partial charge in [0.05, 0.1) is 18.0 Å². The lowest BCUT2D eigenvalue weighted by atomic mass is 10.1. The van der Waals surface area contributed by atoms with Crippen molar-refractivity contribution in [3.63, 3.8) is 0 Å². The number of hydrogen-bond acceptors (Lipinski definition) is 4. The molecular weight excluding hydrogens is 437 g/mol. The molecule has 2 aromatic heterocycles. The van der Waals surface area contributed by atoms with Gasteiger partial charge in [-0.15, -0.1) is 0 Å². The van der Waals surface area contributed by atoms with Crippen LogP contribution in [-0.2, 0) is 18.7 Å². The van der Waals surface area contributed by atoms with Gasteiger partial charge in [0.25, 0.3) is 5.56 Å². The minimum Gasteiger partial charge on any atom is -0.497 e. The highest BCUT2D eigenvalue weighted by atomic mass is 32.2. The molecule has 0 amide bonds. The third-order valence-electron chi connectivity index (χ3n) is 5.69. The topological polar surface area (TPSA) is 59.9 Å². The largest absolute Gasteiger partial charge is 0.497 e. The van der Waals surface area contributed by atoms with Crippen LogP contribution in [0.4, 0.5) is 4.39 Å². The Morgan fingerprint density at radius 3 is 2.70 bits per heavy atom. The lowest BCUT2D eigenvalue weighted by Gasteiger charge is -2.13. The lowest BCUT2D eigenvalue weighted by Crippen LogP contribution is -2.24. The van der Waals surface area contributed by atoms with Crippen LogP contribution in [0.25, 0.3) is 21.8 Å². The summed E-state index contributed by atoms with van der Waals surface area (Å²) in [4.78, 5) is 21.4. The number of fused-ring (bicyclic) bond motifs is 2. The summed E-state index contributed by atoms with van der Waals surface area (Å²) in [6, 6.07) is 19.7. The first-order valence-corrected chi connectivity index (χ1v) is 11.6. The number of aromatic amines is 1. The van der Waals surface area contributed by atoms with Crippen LogP contribution in [0.3, 0.4) is 0 Å². The van der Waals surface area contributed by atoms with E-state index in [2.05, 4.69) is 4.98 Å². The normalized spacial score (nSPS) is 11.3. The summed E-state index contributed by atoms with van der Waals surface area (Å²) in [5, 5.41) is 2.33. The SMILES string of the molecule is COc1ccc2[nH]cc(CCn3c(SCc4ccc(F)cc4)nc4ccccc4c3=O)c2c1. The second kappa shape index (κ2) is 9.11. The smallest absolute Gasteiger partial charge is 0.262 e. The third kappa shape index (κ3) is 4.36.